The summed E-state index contributed by atoms with van der Waals surface area (Å²) in [5.41, 5.74) is 4.07. The van der Waals surface area contributed by atoms with Gasteiger partial charge in [-0.1, -0.05) is 29.8 Å². The van der Waals surface area contributed by atoms with Crippen LogP contribution in [0.4, 0.5) is 0 Å². The number of thioether (sulfide) groups is 1. The van der Waals surface area contributed by atoms with Crippen LogP contribution in [0, 0.1) is 11.3 Å². The average Bonchev–Trinajstić information content (AvgIpc) is 3.03. The van der Waals surface area contributed by atoms with Crippen LogP contribution in [-0.4, -0.2) is 15.6 Å². The summed E-state index contributed by atoms with van der Waals surface area (Å²) in [6, 6.07) is 17.3. The molecule has 1 aliphatic rings. The smallest absolute Gasteiger partial charge is 0.197 e. The summed E-state index contributed by atoms with van der Waals surface area (Å²) < 4.78 is 1.79. The van der Waals surface area contributed by atoms with Gasteiger partial charge in [0, 0.05) is 26.8 Å². The van der Waals surface area contributed by atoms with E-state index in [1.165, 1.54) is 0 Å². The summed E-state index contributed by atoms with van der Waals surface area (Å²) in [6.45, 7) is 0. The van der Waals surface area contributed by atoms with Crippen molar-refractivity contribution in [1.82, 2.24) is 9.78 Å². The van der Waals surface area contributed by atoms with Crippen molar-refractivity contribution >= 4 is 29.1 Å². The van der Waals surface area contributed by atoms with Crippen LogP contribution < -0.4 is 0 Å². The second kappa shape index (κ2) is 6.40. The van der Waals surface area contributed by atoms with Crippen molar-refractivity contribution in [3.8, 4) is 23.0 Å². The van der Waals surface area contributed by atoms with E-state index in [1.54, 1.807) is 28.6 Å². The number of carbonyl (C=O) groups excluding carboxylic acids is 1. The lowest BCUT2D eigenvalue weighted by molar-refractivity contribution is 0.0992. The maximum atomic E-state index is 12.4. The second-order valence-electron chi connectivity index (χ2n) is 5.61. The highest BCUT2D eigenvalue weighted by Gasteiger charge is 2.28. The Bertz CT molecular complexity index is 1020. The molecule has 122 valence electrons. The van der Waals surface area contributed by atoms with E-state index in [4.69, 9.17) is 16.9 Å². The van der Waals surface area contributed by atoms with Gasteiger partial charge in [-0.25, -0.2) is 4.68 Å². The first kappa shape index (κ1) is 15.9. The van der Waals surface area contributed by atoms with Crippen LogP contribution in [0.3, 0.4) is 0 Å². The van der Waals surface area contributed by atoms with Crippen molar-refractivity contribution < 1.29 is 4.79 Å². The molecule has 0 aliphatic carbocycles. The fraction of sp³-hybridized carbons (Fsp3) is 0.105. The molecule has 4 nitrogen and oxygen atoms in total. The zero-order chi connectivity index (χ0) is 17.4. The maximum absolute atomic E-state index is 12.4. The first-order valence-electron chi connectivity index (χ1n) is 7.69. The summed E-state index contributed by atoms with van der Waals surface area (Å²) in [5.74, 6) is 0.415. The van der Waals surface area contributed by atoms with Gasteiger partial charge in [-0.3, -0.25) is 4.79 Å². The number of aromatic nitrogens is 2. The normalized spacial score (nSPS) is 12.2. The number of Topliss-reactive ketones (excluding diaryl/α,β-unsaturated/α-hetero) is 1. The van der Waals surface area contributed by atoms with Crippen molar-refractivity contribution in [1.29, 1.82) is 5.26 Å². The third kappa shape index (κ3) is 2.74. The number of benzene rings is 2. The van der Waals surface area contributed by atoms with E-state index < -0.39 is 0 Å². The first-order chi connectivity index (χ1) is 12.2. The molecule has 1 aromatic heterocycles. The van der Waals surface area contributed by atoms with E-state index in [0.717, 1.165) is 27.4 Å². The Kier molecular flexibility index (Phi) is 4.08. The van der Waals surface area contributed by atoms with Gasteiger partial charge in [0.05, 0.1) is 17.5 Å². The molecule has 3 aromatic rings. The molecule has 25 heavy (non-hydrogen) atoms. The van der Waals surface area contributed by atoms with Gasteiger partial charge in [0.2, 0.25) is 0 Å². The van der Waals surface area contributed by atoms with Crippen molar-refractivity contribution in [3.05, 3.63) is 64.8 Å². The number of rotatable bonds is 3. The molecule has 2 aromatic carbocycles. The molecule has 0 spiro atoms. The van der Waals surface area contributed by atoms with Gasteiger partial charge in [-0.15, -0.1) is 11.8 Å². The summed E-state index contributed by atoms with van der Waals surface area (Å²) in [6.07, 6.45) is -0.170. The number of hydrogen-bond donors (Lipinski definition) is 0. The number of nitriles is 1. The highest BCUT2D eigenvalue weighted by molar-refractivity contribution is 7.98. The monoisotopic (exact) mass is 365 g/mol. The SMILES string of the molecule is N#CCC(=O)c1nn(-c2ccc(Cl)cc2)c2c1CSc1ccccc1-2. The lowest BCUT2D eigenvalue weighted by atomic mass is 10.0. The van der Waals surface area contributed by atoms with Gasteiger partial charge >= 0.3 is 0 Å². The molecule has 0 saturated heterocycles. The Hall–Kier alpha value is -2.55. The van der Waals surface area contributed by atoms with Crippen LogP contribution in [0.25, 0.3) is 16.9 Å². The standard InChI is InChI=1S/C19H12ClN3OS/c20-12-5-7-13(8-6-12)23-19-14-3-1-2-4-17(14)25-11-15(19)18(22-23)16(24)9-10-21/h1-8H,9,11H2. The molecular weight excluding hydrogens is 354 g/mol. The number of fused-ring (bicyclic) bond motifs is 3. The fourth-order valence-electron chi connectivity index (χ4n) is 2.95. The Labute approximate surface area is 154 Å². The maximum Gasteiger partial charge on any atom is 0.197 e. The second-order valence-corrected chi connectivity index (χ2v) is 7.06. The molecule has 6 heteroatoms. The topological polar surface area (TPSA) is 58.7 Å². The lowest BCUT2D eigenvalue weighted by Crippen LogP contribution is -2.03. The Morgan fingerprint density at radius 3 is 2.76 bits per heavy atom. The number of nitrogens with zero attached hydrogens (tertiary/aromatic N) is 3. The van der Waals surface area contributed by atoms with E-state index in [9.17, 15) is 4.79 Å². The van der Waals surface area contributed by atoms with E-state index in [2.05, 4.69) is 11.2 Å². The molecule has 0 unspecified atom stereocenters. The van der Waals surface area contributed by atoms with Gasteiger partial charge in [-0.05, 0) is 30.3 Å². The minimum absolute atomic E-state index is 0.170. The van der Waals surface area contributed by atoms with Gasteiger partial charge < -0.3 is 0 Å². The van der Waals surface area contributed by atoms with Crippen molar-refractivity contribution in [2.24, 2.45) is 0 Å². The van der Waals surface area contributed by atoms with Gasteiger partial charge in [-0.2, -0.15) is 10.4 Å². The summed E-state index contributed by atoms with van der Waals surface area (Å²) in [4.78, 5) is 13.6. The molecule has 0 amide bonds. The zero-order valence-electron chi connectivity index (χ0n) is 13.1. The van der Waals surface area contributed by atoms with E-state index in [0.29, 0.717) is 16.5 Å². The molecule has 0 bridgehead atoms. The Morgan fingerprint density at radius 2 is 2.00 bits per heavy atom. The number of carbonyl (C=O) groups is 1. The summed E-state index contributed by atoms with van der Waals surface area (Å²) >= 11 is 7.68. The lowest BCUT2D eigenvalue weighted by Gasteiger charge is -2.18. The van der Waals surface area contributed by atoms with Crippen LogP contribution >= 0.6 is 23.4 Å². The molecule has 0 atom stereocenters. The van der Waals surface area contributed by atoms with E-state index >= 15 is 0 Å². The highest BCUT2D eigenvalue weighted by Crippen LogP contribution is 2.43. The molecule has 0 saturated carbocycles. The molecule has 0 radical (unpaired) electrons. The van der Waals surface area contributed by atoms with Crippen LogP contribution in [0.5, 0.6) is 0 Å². The number of halogens is 1. The van der Waals surface area contributed by atoms with Crippen LogP contribution in [0.15, 0.2) is 53.4 Å². The molecular formula is C19H12ClN3OS. The number of ketones is 1. The molecule has 0 N–H and O–H groups in total. The van der Waals surface area contributed by atoms with Crippen LogP contribution in [0.1, 0.15) is 22.5 Å². The van der Waals surface area contributed by atoms with Crippen LogP contribution in [-0.2, 0) is 5.75 Å². The van der Waals surface area contributed by atoms with Crippen molar-refractivity contribution in [2.45, 2.75) is 17.1 Å². The van der Waals surface area contributed by atoms with Gasteiger partial charge in [0.25, 0.3) is 0 Å². The van der Waals surface area contributed by atoms with Gasteiger partial charge in [0.15, 0.2) is 5.78 Å². The van der Waals surface area contributed by atoms with Crippen molar-refractivity contribution in [2.75, 3.05) is 0 Å². The van der Waals surface area contributed by atoms with E-state index in [-0.39, 0.29) is 12.2 Å². The summed E-state index contributed by atoms with van der Waals surface area (Å²) in [5, 5.41) is 14.1. The highest BCUT2D eigenvalue weighted by atomic mass is 35.5. The molecule has 4 rings (SSSR count). The molecule has 0 fully saturated rings. The largest absolute Gasteiger partial charge is 0.291 e. The average molecular weight is 366 g/mol. The number of hydrogen-bond acceptors (Lipinski definition) is 4. The minimum Gasteiger partial charge on any atom is -0.291 e. The molecule has 1 aliphatic heterocycles. The Morgan fingerprint density at radius 1 is 1.24 bits per heavy atom. The fourth-order valence-corrected chi connectivity index (χ4v) is 4.14. The predicted octanol–water partition coefficient (Wildman–Crippen LogP) is 4.89. The third-order valence-corrected chi connectivity index (χ3v) is 5.42. The zero-order valence-corrected chi connectivity index (χ0v) is 14.6. The first-order valence-corrected chi connectivity index (χ1v) is 9.05. The van der Waals surface area contributed by atoms with E-state index in [1.807, 2.05) is 36.4 Å². The predicted molar refractivity (Wildman–Crippen MR) is 98.1 cm³/mol. The quantitative estimate of drug-likeness (QED) is 0.620. The minimum atomic E-state index is -0.244. The van der Waals surface area contributed by atoms with Gasteiger partial charge in [0.1, 0.15) is 12.1 Å². The third-order valence-electron chi connectivity index (χ3n) is 4.07. The molecule has 2 heterocycles. The van der Waals surface area contributed by atoms with Crippen LogP contribution in [0.2, 0.25) is 5.02 Å². The summed E-state index contributed by atoms with van der Waals surface area (Å²) in [7, 11) is 0. The Balaban J connectivity index is 1.97. The van der Waals surface area contributed by atoms with Crippen molar-refractivity contribution in [3.63, 3.8) is 0 Å².